The molecule has 0 radical (unpaired) electrons. The van der Waals surface area contributed by atoms with Gasteiger partial charge in [-0.1, -0.05) is 88.7 Å². The van der Waals surface area contributed by atoms with E-state index in [1.165, 1.54) is 44.9 Å². The average Bonchev–Trinajstić information content (AvgIpc) is 3.62. The van der Waals surface area contributed by atoms with E-state index in [4.69, 9.17) is 0 Å². The third-order valence-corrected chi connectivity index (χ3v) is 18.3. The Balaban J connectivity index is 0.000000883. The van der Waals surface area contributed by atoms with Crippen LogP contribution < -0.4 is 21.0 Å². The van der Waals surface area contributed by atoms with E-state index in [1.807, 2.05) is 35.5 Å². The third kappa shape index (κ3) is 9.01. The zero-order chi connectivity index (χ0) is 30.1. The zero-order valence-electron chi connectivity index (χ0n) is 28.4. The molecule has 2 heterocycles. The van der Waals surface area contributed by atoms with E-state index in [9.17, 15) is 0 Å². The summed E-state index contributed by atoms with van der Waals surface area (Å²) in [6, 6.07) is 13.9. The molecule has 0 bridgehead atoms. The molecule has 2 fully saturated rings. The summed E-state index contributed by atoms with van der Waals surface area (Å²) in [6.07, 6.45) is 6.48. The molecule has 234 valence electrons. The fourth-order valence-corrected chi connectivity index (χ4v) is 17.7. The Labute approximate surface area is 271 Å². The molecule has 2 N–H and O–H groups in total. The van der Waals surface area contributed by atoms with Crippen LogP contribution in [0.5, 0.6) is 0 Å². The third-order valence-electron chi connectivity index (χ3n) is 8.97. The molecule has 2 aromatic rings. The normalized spacial score (nSPS) is 21.8. The van der Waals surface area contributed by atoms with E-state index >= 15 is 0 Å². The number of hydrogen-bond donors (Lipinski definition) is 2. The van der Waals surface area contributed by atoms with Crippen molar-refractivity contribution in [3.8, 4) is 0 Å². The van der Waals surface area contributed by atoms with Crippen LogP contribution in [0.15, 0.2) is 36.4 Å². The van der Waals surface area contributed by atoms with E-state index < -0.39 is 16.1 Å². The largest absolute Gasteiger partial charge is 2.00 e. The van der Waals surface area contributed by atoms with Crippen LogP contribution in [0.3, 0.4) is 0 Å². The summed E-state index contributed by atoms with van der Waals surface area (Å²) in [7, 11) is 0.237. The molecule has 2 aromatic carbocycles. The Morgan fingerprint density at radius 1 is 0.878 bits per heavy atom. The molecular weight excluding hydrogens is 610 g/mol. The summed E-state index contributed by atoms with van der Waals surface area (Å²) in [5.74, 6) is 0. The predicted octanol–water partition coefficient (Wildman–Crippen LogP) is 8.05. The minimum atomic E-state index is -1.56. The summed E-state index contributed by atoms with van der Waals surface area (Å²) >= 11 is 0. The smallest absolute Gasteiger partial charge is 0.314 e. The van der Waals surface area contributed by atoms with E-state index in [1.54, 1.807) is 16.3 Å². The second-order valence-electron chi connectivity index (χ2n) is 16.4. The van der Waals surface area contributed by atoms with Gasteiger partial charge in [-0.05, 0) is 60.4 Å². The standard InChI is InChI=1S/C29H57N2P2Si2.C5H5.Fe/c1-27(2,3)33(28(4,5)6)20-21-22(19-23(34(7,8)9)26(21)35(10,11)12)29(32,24-15-13-17-30-24)25-16-14-18-31-25;1-2-4-5-3-1;/h19,24-25,30-31H,13-18,20,32H2,1-12H3;1-5H;/q2*-1;+2. The van der Waals surface area contributed by atoms with Crippen molar-refractivity contribution in [3.05, 3.63) is 47.5 Å². The monoisotopic (exact) mass is 672 g/mol. The summed E-state index contributed by atoms with van der Waals surface area (Å²) in [6.45, 7) is 33.0. The Morgan fingerprint density at radius 3 is 1.63 bits per heavy atom. The fourth-order valence-electron chi connectivity index (χ4n) is 7.36. The molecule has 3 unspecified atom stereocenters. The Bertz CT molecular complexity index is 1010. The van der Waals surface area contributed by atoms with Gasteiger partial charge in [0, 0.05) is 20.2 Å². The molecular formula is C34H62FeN2P2Si2. The fraction of sp³-hybridized carbons (Fsp3) is 0.706. The summed E-state index contributed by atoms with van der Waals surface area (Å²) in [5.41, 5.74) is 3.49. The van der Waals surface area contributed by atoms with Crippen LogP contribution in [0.25, 0.3) is 0 Å². The van der Waals surface area contributed by atoms with Gasteiger partial charge in [0.15, 0.2) is 0 Å². The van der Waals surface area contributed by atoms with Crippen LogP contribution in [0, 0.1) is 0 Å². The first kappa shape index (κ1) is 37.6. The maximum absolute atomic E-state index is 3.99. The summed E-state index contributed by atoms with van der Waals surface area (Å²) < 4.78 is 0. The van der Waals surface area contributed by atoms with E-state index in [2.05, 4.69) is 107 Å². The average molecular weight is 673 g/mol. The molecule has 0 aliphatic carbocycles. The van der Waals surface area contributed by atoms with Crippen molar-refractivity contribution in [2.45, 2.75) is 140 Å². The van der Waals surface area contributed by atoms with Gasteiger partial charge >= 0.3 is 17.1 Å². The molecule has 2 aliphatic heterocycles. The van der Waals surface area contributed by atoms with Crippen LogP contribution in [-0.4, -0.2) is 51.6 Å². The minimum Gasteiger partial charge on any atom is -0.314 e. The van der Waals surface area contributed by atoms with Crippen molar-refractivity contribution < 1.29 is 17.1 Å². The molecule has 3 atom stereocenters. The molecule has 0 aromatic heterocycles. The Morgan fingerprint density at radius 2 is 1.34 bits per heavy atom. The molecule has 4 rings (SSSR count). The van der Waals surface area contributed by atoms with Crippen molar-refractivity contribution in [1.82, 2.24) is 10.6 Å². The van der Waals surface area contributed by atoms with E-state index in [-0.39, 0.29) is 30.1 Å². The number of hydrogen-bond acceptors (Lipinski definition) is 2. The Hall–Kier alpha value is 0.433. The van der Waals surface area contributed by atoms with Crippen molar-refractivity contribution >= 4 is 43.7 Å². The first-order valence-corrected chi connectivity index (χ1v) is 24.9. The van der Waals surface area contributed by atoms with Crippen LogP contribution in [0.4, 0.5) is 0 Å². The molecule has 2 aliphatic rings. The molecule has 7 heteroatoms. The van der Waals surface area contributed by atoms with Crippen LogP contribution in [-0.2, 0) is 28.4 Å². The quantitative estimate of drug-likeness (QED) is 0.177. The van der Waals surface area contributed by atoms with Crippen molar-refractivity contribution in [1.29, 1.82) is 0 Å². The SMILES string of the molecule is CC(C)(C)P(Cc1c(C(P)(C2CCCN2)C2CCCN2)cc([Si](C)(C)C)[c-]1[Si](C)(C)C)C(C)(C)C.[Fe+2].c1cc[cH-]c1. The molecule has 0 saturated carbocycles. The van der Waals surface area contributed by atoms with Crippen LogP contribution in [0.1, 0.15) is 78.4 Å². The second-order valence-corrected chi connectivity index (χ2v) is 31.3. The molecule has 2 nitrogen and oxygen atoms in total. The van der Waals surface area contributed by atoms with Gasteiger partial charge < -0.3 is 10.6 Å². The van der Waals surface area contributed by atoms with Crippen molar-refractivity contribution in [2.75, 3.05) is 13.1 Å². The predicted molar refractivity (Wildman–Crippen MR) is 194 cm³/mol. The summed E-state index contributed by atoms with van der Waals surface area (Å²) in [4.78, 5) is 0. The maximum Gasteiger partial charge on any atom is 2.00 e. The van der Waals surface area contributed by atoms with Gasteiger partial charge in [0.25, 0.3) is 0 Å². The molecule has 2 saturated heterocycles. The van der Waals surface area contributed by atoms with Gasteiger partial charge in [-0.3, -0.25) is 0 Å². The first-order valence-electron chi connectivity index (χ1n) is 15.8. The van der Waals surface area contributed by atoms with E-state index in [0.29, 0.717) is 22.4 Å². The zero-order valence-corrected chi connectivity index (χ0v) is 33.6. The van der Waals surface area contributed by atoms with Gasteiger partial charge in [0.1, 0.15) is 0 Å². The van der Waals surface area contributed by atoms with Gasteiger partial charge in [0.05, 0.1) is 8.07 Å². The summed E-state index contributed by atoms with van der Waals surface area (Å²) in [5, 5.41) is 12.3. The molecule has 41 heavy (non-hydrogen) atoms. The van der Waals surface area contributed by atoms with Gasteiger partial charge in [-0.15, -0.1) is 9.24 Å². The molecule has 0 spiro atoms. The topological polar surface area (TPSA) is 24.1 Å². The van der Waals surface area contributed by atoms with Crippen molar-refractivity contribution in [2.24, 2.45) is 0 Å². The van der Waals surface area contributed by atoms with Gasteiger partial charge in [-0.2, -0.15) is 39.7 Å². The van der Waals surface area contributed by atoms with Gasteiger partial charge in [-0.25, -0.2) is 18.2 Å². The number of nitrogens with one attached hydrogen (secondary N) is 2. The number of rotatable bonds is 7. The maximum atomic E-state index is 3.99. The second kappa shape index (κ2) is 14.2. The Kier molecular flexibility index (Phi) is 13.1. The van der Waals surface area contributed by atoms with Crippen molar-refractivity contribution in [3.63, 3.8) is 0 Å². The minimum absolute atomic E-state index is 0. The first-order chi connectivity index (χ1) is 18.3. The van der Waals surface area contributed by atoms with E-state index in [0.717, 1.165) is 0 Å². The van der Waals surface area contributed by atoms with Gasteiger partial charge in [0.2, 0.25) is 0 Å². The van der Waals surface area contributed by atoms with Crippen LogP contribution in [0.2, 0.25) is 39.3 Å². The van der Waals surface area contributed by atoms with Crippen LogP contribution >= 0.6 is 17.2 Å². The molecule has 0 amide bonds.